The third-order valence-electron chi connectivity index (χ3n) is 5.38. The Bertz CT molecular complexity index is 885. The number of amides is 3. The highest BCUT2D eigenvalue weighted by atomic mass is 16.2. The van der Waals surface area contributed by atoms with Crippen molar-refractivity contribution in [3.8, 4) is 0 Å². The molecule has 1 aliphatic rings. The first-order chi connectivity index (χ1) is 13.4. The lowest BCUT2D eigenvalue weighted by Crippen LogP contribution is -2.33. The summed E-state index contributed by atoms with van der Waals surface area (Å²) < 4.78 is 0. The fraction of sp³-hybridized carbons (Fsp3) is 0.391. The van der Waals surface area contributed by atoms with E-state index in [1.807, 2.05) is 24.0 Å². The first-order valence-electron chi connectivity index (χ1n) is 9.84. The van der Waals surface area contributed by atoms with Gasteiger partial charge in [-0.1, -0.05) is 35.9 Å². The van der Waals surface area contributed by atoms with Gasteiger partial charge >= 0.3 is 6.03 Å². The number of hydrogen-bond acceptors (Lipinski definition) is 2. The molecule has 0 unspecified atom stereocenters. The quantitative estimate of drug-likeness (QED) is 0.850. The Balaban J connectivity index is 1.76. The first-order valence-corrected chi connectivity index (χ1v) is 9.84. The van der Waals surface area contributed by atoms with E-state index in [1.165, 1.54) is 11.1 Å². The SMILES string of the molecule is Cc1ccc(CN(C)C(=O)Nc2c(C)cccc2C(=O)N2CCCC2)c(C)c1. The van der Waals surface area contributed by atoms with Crippen molar-refractivity contribution in [3.05, 3.63) is 64.2 Å². The normalized spacial score (nSPS) is 13.5. The summed E-state index contributed by atoms with van der Waals surface area (Å²) in [5.41, 5.74) is 5.55. The molecular weight excluding hydrogens is 350 g/mol. The molecule has 1 aliphatic heterocycles. The van der Waals surface area contributed by atoms with Gasteiger partial charge < -0.3 is 15.1 Å². The zero-order valence-corrected chi connectivity index (χ0v) is 17.2. The lowest BCUT2D eigenvalue weighted by Gasteiger charge is -2.23. The number of nitrogens with zero attached hydrogens (tertiary/aromatic N) is 2. The van der Waals surface area contributed by atoms with E-state index >= 15 is 0 Å². The number of carbonyl (C=O) groups is 2. The zero-order chi connectivity index (χ0) is 20.3. The molecule has 3 amide bonds. The van der Waals surface area contributed by atoms with Gasteiger partial charge in [0.15, 0.2) is 0 Å². The molecule has 0 atom stereocenters. The Morgan fingerprint density at radius 3 is 2.43 bits per heavy atom. The molecule has 2 aromatic carbocycles. The van der Waals surface area contributed by atoms with Crippen LogP contribution >= 0.6 is 0 Å². The van der Waals surface area contributed by atoms with E-state index in [2.05, 4.69) is 37.4 Å². The Hall–Kier alpha value is -2.82. The predicted molar refractivity (Wildman–Crippen MR) is 113 cm³/mol. The molecule has 148 valence electrons. The topological polar surface area (TPSA) is 52.7 Å². The van der Waals surface area contributed by atoms with E-state index in [4.69, 9.17) is 0 Å². The Morgan fingerprint density at radius 2 is 1.75 bits per heavy atom. The van der Waals surface area contributed by atoms with Gasteiger partial charge in [-0.05, 0) is 56.4 Å². The highest BCUT2D eigenvalue weighted by Crippen LogP contribution is 2.24. The lowest BCUT2D eigenvalue weighted by atomic mass is 10.1. The van der Waals surface area contributed by atoms with Gasteiger partial charge in [-0.3, -0.25) is 4.79 Å². The highest BCUT2D eigenvalue weighted by molar-refractivity contribution is 6.04. The molecule has 1 fully saturated rings. The molecule has 5 heteroatoms. The zero-order valence-electron chi connectivity index (χ0n) is 17.2. The number of hydrogen-bond donors (Lipinski definition) is 1. The van der Waals surface area contributed by atoms with Crippen molar-refractivity contribution in [3.63, 3.8) is 0 Å². The number of benzene rings is 2. The van der Waals surface area contributed by atoms with Crippen LogP contribution in [0.15, 0.2) is 36.4 Å². The largest absolute Gasteiger partial charge is 0.339 e. The minimum atomic E-state index is -0.218. The molecule has 0 aliphatic carbocycles. The minimum absolute atomic E-state index is 0.00599. The van der Waals surface area contributed by atoms with Crippen molar-refractivity contribution in [1.82, 2.24) is 9.80 Å². The van der Waals surface area contributed by atoms with E-state index in [9.17, 15) is 9.59 Å². The number of nitrogens with one attached hydrogen (secondary N) is 1. The van der Waals surface area contributed by atoms with Crippen molar-refractivity contribution < 1.29 is 9.59 Å². The average molecular weight is 380 g/mol. The Morgan fingerprint density at radius 1 is 1.04 bits per heavy atom. The summed E-state index contributed by atoms with van der Waals surface area (Å²) in [6, 6.07) is 11.6. The second kappa shape index (κ2) is 8.46. The number of rotatable bonds is 4. The lowest BCUT2D eigenvalue weighted by molar-refractivity contribution is 0.0793. The van der Waals surface area contributed by atoms with Crippen LogP contribution in [0.25, 0.3) is 0 Å². The number of anilines is 1. The summed E-state index contributed by atoms with van der Waals surface area (Å²) in [6.07, 6.45) is 2.08. The number of urea groups is 1. The van der Waals surface area contributed by atoms with Gasteiger partial charge in [-0.15, -0.1) is 0 Å². The molecule has 1 N–H and O–H groups in total. The van der Waals surface area contributed by atoms with Crippen LogP contribution in [0, 0.1) is 20.8 Å². The molecular formula is C23H29N3O2. The molecule has 0 bridgehead atoms. The summed E-state index contributed by atoms with van der Waals surface area (Å²) in [6.45, 7) is 8.12. The van der Waals surface area contributed by atoms with Gasteiger partial charge in [0.25, 0.3) is 5.91 Å². The van der Waals surface area contributed by atoms with Gasteiger partial charge in [0.2, 0.25) is 0 Å². The van der Waals surface area contributed by atoms with Crippen LogP contribution in [0.3, 0.4) is 0 Å². The fourth-order valence-corrected chi connectivity index (χ4v) is 3.66. The number of aryl methyl sites for hydroxylation is 3. The van der Waals surface area contributed by atoms with Crippen molar-refractivity contribution in [2.45, 2.75) is 40.2 Å². The molecule has 0 spiro atoms. The van der Waals surface area contributed by atoms with Crippen LogP contribution in [0.4, 0.5) is 10.5 Å². The molecule has 3 rings (SSSR count). The molecule has 0 radical (unpaired) electrons. The van der Waals surface area contributed by atoms with Gasteiger partial charge in [0, 0.05) is 26.7 Å². The van der Waals surface area contributed by atoms with E-state index in [0.29, 0.717) is 17.8 Å². The van der Waals surface area contributed by atoms with E-state index < -0.39 is 0 Å². The molecule has 1 saturated heterocycles. The maximum Gasteiger partial charge on any atom is 0.321 e. The van der Waals surface area contributed by atoms with Gasteiger partial charge in [0.1, 0.15) is 0 Å². The monoisotopic (exact) mass is 379 g/mol. The predicted octanol–water partition coefficient (Wildman–Crippen LogP) is 4.51. The van der Waals surface area contributed by atoms with Crippen molar-refractivity contribution in [2.24, 2.45) is 0 Å². The van der Waals surface area contributed by atoms with E-state index in [1.54, 1.807) is 18.0 Å². The third kappa shape index (κ3) is 4.35. The number of carbonyl (C=O) groups excluding carboxylic acids is 2. The van der Waals surface area contributed by atoms with Crippen molar-refractivity contribution >= 4 is 17.6 Å². The standard InChI is InChI=1S/C23H29N3O2/c1-16-10-11-19(18(3)14-16)15-25(4)23(28)24-21-17(2)8-7-9-20(21)22(27)26-12-5-6-13-26/h7-11,14H,5-6,12-13,15H2,1-4H3,(H,24,28). The summed E-state index contributed by atoms with van der Waals surface area (Å²) in [7, 11) is 1.77. The summed E-state index contributed by atoms with van der Waals surface area (Å²) in [5, 5.41) is 2.97. The highest BCUT2D eigenvalue weighted by Gasteiger charge is 2.24. The maximum absolute atomic E-state index is 12.9. The summed E-state index contributed by atoms with van der Waals surface area (Å²) in [5.74, 6) is -0.00599. The van der Waals surface area contributed by atoms with Gasteiger partial charge in [0.05, 0.1) is 11.3 Å². The Kier molecular flexibility index (Phi) is 6.02. The Labute approximate surface area is 167 Å². The molecule has 28 heavy (non-hydrogen) atoms. The molecule has 2 aromatic rings. The second-order valence-corrected chi connectivity index (χ2v) is 7.71. The minimum Gasteiger partial charge on any atom is -0.339 e. The van der Waals surface area contributed by atoms with Crippen molar-refractivity contribution in [1.29, 1.82) is 0 Å². The van der Waals surface area contributed by atoms with Crippen molar-refractivity contribution in [2.75, 3.05) is 25.5 Å². The summed E-state index contributed by atoms with van der Waals surface area (Å²) >= 11 is 0. The molecule has 5 nitrogen and oxygen atoms in total. The number of likely N-dealkylation sites (tertiary alicyclic amines) is 1. The molecule has 1 heterocycles. The fourth-order valence-electron chi connectivity index (χ4n) is 3.66. The smallest absolute Gasteiger partial charge is 0.321 e. The third-order valence-corrected chi connectivity index (χ3v) is 5.38. The van der Waals surface area contributed by atoms with Crippen LogP contribution in [-0.2, 0) is 6.54 Å². The van der Waals surface area contributed by atoms with Gasteiger partial charge in [-0.25, -0.2) is 4.79 Å². The second-order valence-electron chi connectivity index (χ2n) is 7.71. The first kappa shape index (κ1) is 19.9. The van der Waals surface area contributed by atoms with Crippen LogP contribution < -0.4 is 5.32 Å². The molecule has 0 saturated carbocycles. The maximum atomic E-state index is 12.9. The van der Waals surface area contributed by atoms with Crippen LogP contribution in [-0.4, -0.2) is 41.9 Å². The van der Waals surface area contributed by atoms with E-state index in [0.717, 1.165) is 37.1 Å². The number of para-hydroxylation sites is 1. The van der Waals surface area contributed by atoms with Gasteiger partial charge in [-0.2, -0.15) is 0 Å². The van der Waals surface area contributed by atoms with E-state index in [-0.39, 0.29) is 11.9 Å². The summed E-state index contributed by atoms with van der Waals surface area (Å²) in [4.78, 5) is 29.2. The van der Waals surface area contributed by atoms with Crippen LogP contribution in [0.1, 0.15) is 45.5 Å². The van der Waals surface area contributed by atoms with Crippen LogP contribution in [0.2, 0.25) is 0 Å². The molecule has 0 aromatic heterocycles. The van der Waals surface area contributed by atoms with Crippen LogP contribution in [0.5, 0.6) is 0 Å². The average Bonchev–Trinajstić information content (AvgIpc) is 3.19.